The fraction of sp³-hybridized carbons (Fsp3) is 0. The number of hydrogen-bond acceptors (Lipinski definition) is 4. The normalized spacial score (nSPS) is 11.2. The first-order valence-corrected chi connectivity index (χ1v) is 14.6. The number of fused-ring (bicyclic) bond motifs is 2. The summed E-state index contributed by atoms with van der Waals surface area (Å²) >= 11 is 0. The molecule has 8 aromatic rings. The molecule has 0 saturated heterocycles. The van der Waals surface area contributed by atoms with Gasteiger partial charge in [-0.25, -0.2) is 19.9 Å². The lowest BCUT2D eigenvalue weighted by Crippen LogP contribution is -1.97. The second kappa shape index (κ2) is 11.0. The van der Waals surface area contributed by atoms with E-state index in [1.54, 1.807) is 0 Å². The summed E-state index contributed by atoms with van der Waals surface area (Å²) in [6, 6.07) is 53.9. The summed E-state index contributed by atoms with van der Waals surface area (Å²) in [7, 11) is 0. The summed E-state index contributed by atoms with van der Waals surface area (Å²) in [5, 5.41) is 2.17. The van der Waals surface area contributed by atoms with Gasteiger partial charge in [0.2, 0.25) is 0 Å². The highest BCUT2D eigenvalue weighted by Crippen LogP contribution is 2.30. The van der Waals surface area contributed by atoms with Gasteiger partial charge in [-0.1, -0.05) is 127 Å². The van der Waals surface area contributed by atoms with Crippen molar-refractivity contribution in [3.8, 4) is 56.4 Å². The fourth-order valence-electron chi connectivity index (χ4n) is 5.56. The minimum Gasteiger partial charge on any atom is -0.248 e. The molecule has 44 heavy (non-hydrogen) atoms. The third-order valence-electron chi connectivity index (χ3n) is 7.88. The van der Waals surface area contributed by atoms with Crippen LogP contribution in [-0.4, -0.2) is 19.9 Å². The molecule has 5 aromatic carbocycles. The molecule has 0 unspecified atom stereocenters. The molecule has 0 amide bonds. The van der Waals surface area contributed by atoms with Gasteiger partial charge in [0.1, 0.15) is 0 Å². The summed E-state index contributed by atoms with van der Waals surface area (Å²) in [6.07, 6.45) is 0. The zero-order valence-corrected chi connectivity index (χ0v) is 23.8. The lowest BCUT2D eigenvalue weighted by Gasteiger charge is -2.10. The fourth-order valence-corrected chi connectivity index (χ4v) is 5.56. The molecule has 4 heteroatoms. The van der Waals surface area contributed by atoms with Gasteiger partial charge in [-0.3, -0.25) is 0 Å². The smallest absolute Gasteiger partial charge is 0.160 e. The molecule has 206 valence electrons. The quantitative estimate of drug-likeness (QED) is 0.209. The summed E-state index contributed by atoms with van der Waals surface area (Å²) in [5.74, 6) is 0.674. The molecule has 0 radical (unpaired) electrons. The predicted octanol–water partition coefficient (Wildman–Crippen LogP) is 9.91. The van der Waals surface area contributed by atoms with Crippen LogP contribution in [0.3, 0.4) is 0 Å². The molecule has 0 N–H and O–H groups in total. The Morgan fingerprint density at radius 3 is 1.45 bits per heavy atom. The van der Waals surface area contributed by atoms with Gasteiger partial charge in [-0.05, 0) is 41.5 Å². The number of aromatic nitrogens is 4. The summed E-state index contributed by atoms with van der Waals surface area (Å²) in [6.45, 7) is 0. The number of pyridine rings is 2. The van der Waals surface area contributed by atoms with Crippen LogP contribution in [0.1, 0.15) is 0 Å². The molecule has 0 aliphatic rings. The topological polar surface area (TPSA) is 51.6 Å². The monoisotopic (exact) mass is 562 g/mol. The third kappa shape index (κ3) is 4.99. The lowest BCUT2D eigenvalue weighted by molar-refractivity contribution is 1.17. The minimum absolute atomic E-state index is 0.674. The molecule has 3 aromatic heterocycles. The van der Waals surface area contributed by atoms with Crippen molar-refractivity contribution in [2.24, 2.45) is 0 Å². The highest BCUT2D eigenvalue weighted by Gasteiger charge is 2.13. The van der Waals surface area contributed by atoms with E-state index in [1.165, 1.54) is 5.56 Å². The minimum atomic E-state index is 0.674. The van der Waals surface area contributed by atoms with Gasteiger partial charge in [0, 0.05) is 27.5 Å². The maximum absolute atomic E-state index is 5.10. The molecule has 3 heterocycles. The molecule has 0 aliphatic carbocycles. The van der Waals surface area contributed by atoms with Gasteiger partial charge in [0.25, 0.3) is 0 Å². The second-order valence-electron chi connectivity index (χ2n) is 10.8. The van der Waals surface area contributed by atoms with Crippen molar-refractivity contribution in [2.45, 2.75) is 0 Å². The van der Waals surface area contributed by atoms with Gasteiger partial charge in [-0.15, -0.1) is 0 Å². The van der Waals surface area contributed by atoms with Gasteiger partial charge >= 0.3 is 0 Å². The number of rotatable bonds is 5. The number of nitrogens with zero attached hydrogens (tertiary/aromatic N) is 4. The Labute approximate surface area is 255 Å². The van der Waals surface area contributed by atoms with Crippen LogP contribution in [0.5, 0.6) is 0 Å². The maximum Gasteiger partial charge on any atom is 0.160 e. The standard InChI is InChI=1S/C40H26N4/c1-4-10-27(11-5-1)32-18-16-29-20-22-34(41-36(29)24-32)33-19-17-30-21-23-35(42-37(30)25-33)39-26-38(28-12-6-2-7-13-28)43-40(44-39)31-14-8-3-9-15-31/h1-26H. The van der Waals surface area contributed by atoms with Crippen LogP contribution in [0.4, 0.5) is 0 Å². The molecule has 0 saturated carbocycles. The largest absolute Gasteiger partial charge is 0.248 e. The molecule has 0 spiro atoms. The van der Waals surface area contributed by atoms with Crippen LogP contribution >= 0.6 is 0 Å². The highest BCUT2D eigenvalue weighted by molar-refractivity contribution is 5.89. The Morgan fingerprint density at radius 1 is 0.273 bits per heavy atom. The highest BCUT2D eigenvalue weighted by atomic mass is 14.9. The van der Waals surface area contributed by atoms with E-state index in [1.807, 2.05) is 66.7 Å². The van der Waals surface area contributed by atoms with Crippen molar-refractivity contribution in [3.05, 3.63) is 158 Å². The number of benzene rings is 5. The Bertz CT molecular complexity index is 2210. The SMILES string of the molecule is c1ccc(-c2ccc3ccc(-c4ccc5ccc(-c6cc(-c7ccccc7)nc(-c7ccccc7)n6)nc5c4)nc3c2)cc1. The summed E-state index contributed by atoms with van der Waals surface area (Å²) in [5.41, 5.74) is 10.6. The molecule has 0 aliphatic heterocycles. The van der Waals surface area contributed by atoms with Gasteiger partial charge in [0.15, 0.2) is 5.82 Å². The Hall–Kier alpha value is -6.00. The lowest BCUT2D eigenvalue weighted by atomic mass is 10.0. The zero-order chi connectivity index (χ0) is 29.3. The number of hydrogen-bond donors (Lipinski definition) is 0. The third-order valence-corrected chi connectivity index (χ3v) is 7.88. The van der Waals surface area contributed by atoms with Crippen LogP contribution in [-0.2, 0) is 0 Å². The zero-order valence-electron chi connectivity index (χ0n) is 23.8. The van der Waals surface area contributed by atoms with Gasteiger partial charge in [-0.2, -0.15) is 0 Å². The summed E-state index contributed by atoms with van der Waals surface area (Å²) in [4.78, 5) is 20.0. The van der Waals surface area contributed by atoms with Crippen LogP contribution in [0.25, 0.3) is 78.2 Å². The average Bonchev–Trinajstić information content (AvgIpc) is 3.11. The molecule has 0 bridgehead atoms. The van der Waals surface area contributed by atoms with Crippen molar-refractivity contribution in [1.29, 1.82) is 0 Å². The van der Waals surface area contributed by atoms with Crippen molar-refractivity contribution in [1.82, 2.24) is 19.9 Å². The average molecular weight is 563 g/mol. The maximum atomic E-state index is 5.10. The van der Waals surface area contributed by atoms with E-state index in [-0.39, 0.29) is 0 Å². The summed E-state index contributed by atoms with van der Waals surface area (Å²) < 4.78 is 0. The first-order valence-electron chi connectivity index (χ1n) is 14.6. The van der Waals surface area contributed by atoms with Crippen molar-refractivity contribution >= 4 is 21.8 Å². The molecular weight excluding hydrogens is 536 g/mol. The Kier molecular flexibility index (Phi) is 6.43. The van der Waals surface area contributed by atoms with Crippen molar-refractivity contribution < 1.29 is 0 Å². The first-order chi connectivity index (χ1) is 21.8. The molecule has 8 rings (SSSR count). The van der Waals surface area contributed by atoms with Crippen molar-refractivity contribution in [3.63, 3.8) is 0 Å². The van der Waals surface area contributed by atoms with Gasteiger partial charge in [0.05, 0.1) is 33.8 Å². The van der Waals surface area contributed by atoms with E-state index < -0.39 is 0 Å². The van der Waals surface area contributed by atoms with Crippen LogP contribution in [0.15, 0.2) is 158 Å². The Morgan fingerprint density at radius 2 is 0.773 bits per heavy atom. The molecule has 0 fully saturated rings. The van der Waals surface area contributed by atoms with Crippen molar-refractivity contribution in [2.75, 3.05) is 0 Å². The van der Waals surface area contributed by atoms with E-state index in [0.29, 0.717) is 5.82 Å². The van der Waals surface area contributed by atoms with Crippen LogP contribution in [0.2, 0.25) is 0 Å². The van der Waals surface area contributed by atoms with Crippen LogP contribution < -0.4 is 0 Å². The first kappa shape index (κ1) is 25.7. The van der Waals surface area contributed by atoms with Gasteiger partial charge < -0.3 is 0 Å². The Balaban J connectivity index is 1.21. The molecule has 0 atom stereocenters. The predicted molar refractivity (Wildman–Crippen MR) is 180 cm³/mol. The van der Waals surface area contributed by atoms with E-state index in [2.05, 4.69) is 91.0 Å². The van der Waals surface area contributed by atoms with E-state index in [4.69, 9.17) is 19.9 Å². The second-order valence-corrected chi connectivity index (χ2v) is 10.8. The van der Waals surface area contributed by atoms with E-state index >= 15 is 0 Å². The molecular formula is C40H26N4. The van der Waals surface area contributed by atoms with Crippen LogP contribution in [0, 0.1) is 0 Å². The molecule has 4 nitrogen and oxygen atoms in total. The van der Waals surface area contributed by atoms with E-state index in [0.717, 1.165) is 66.8 Å². The van der Waals surface area contributed by atoms with E-state index in [9.17, 15) is 0 Å².